The lowest BCUT2D eigenvalue weighted by atomic mass is 10.2. The molecular weight excluding hydrogens is 430 g/mol. The van der Waals surface area contributed by atoms with Crippen LogP contribution < -0.4 is 15.0 Å². The summed E-state index contributed by atoms with van der Waals surface area (Å²) >= 11 is 0. The molecule has 1 N–H and O–H groups in total. The minimum Gasteiger partial charge on any atom is -0.481 e. The number of anilines is 2. The molecule has 0 radical (unpaired) electrons. The third kappa shape index (κ3) is 5.59. The second kappa shape index (κ2) is 10.8. The van der Waals surface area contributed by atoms with Gasteiger partial charge in [-0.05, 0) is 37.3 Å². The van der Waals surface area contributed by atoms with Gasteiger partial charge in [-0.3, -0.25) is 4.79 Å². The van der Waals surface area contributed by atoms with Gasteiger partial charge in [0.25, 0.3) is 5.91 Å². The Morgan fingerprint density at radius 3 is 2.41 bits per heavy atom. The van der Waals surface area contributed by atoms with Gasteiger partial charge in [-0.2, -0.15) is 4.31 Å². The molecule has 3 rings (SSSR count). The summed E-state index contributed by atoms with van der Waals surface area (Å²) in [6.45, 7) is 8.44. The number of benzene rings is 2. The predicted octanol–water partition coefficient (Wildman–Crippen LogP) is 2.96. The summed E-state index contributed by atoms with van der Waals surface area (Å²) in [5, 5.41) is 2.89. The minimum absolute atomic E-state index is 0.144. The van der Waals surface area contributed by atoms with Gasteiger partial charge in [-0.15, -0.1) is 0 Å². The summed E-state index contributed by atoms with van der Waals surface area (Å²) in [7, 11) is -3.67. The summed E-state index contributed by atoms with van der Waals surface area (Å²) < 4.78 is 38.7. The van der Waals surface area contributed by atoms with Crippen molar-refractivity contribution in [1.29, 1.82) is 0 Å². The van der Waals surface area contributed by atoms with Gasteiger partial charge in [0.2, 0.25) is 10.0 Å². The fourth-order valence-corrected chi connectivity index (χ4v) is 5.04. The smallest absolute Gasteiger partial charge is 0.265 e. The molecule has 2 aromatic rings. The van der Waals surface area contributed by atoms with E-state index < -0.39 is 16.1 Å². The Kier molecular flexibility index (Phi) is 8.11. The second-order valence-corrected chi connectivity index (χ2v) is 9.37. The van der Waals surface area contributed by atoms with Crippen molar-refractivity contribution in [2.75, 3.05) is 49.6 Å². The van der Waals surface area contributed by atoms with Gasteiger partial charge in [0.1, 0.15) is 5.75 Å². The first-order chi connectivity index (χ1) is 15.4. The van der Waals surface area contributed by atoms with Crippen molar-refractivity contribution in [1.82, 2.24) is 4.31 Å². The zero-order valence-corrected chi connectivity index (χ0v) is 19.6. The van der Waals surface area contributed by atoms with Crippen LogP contribution in [0.4, 0.5) is 11.4 Å². The number of nitrogens with one attached hydrogen (secondary N) is 1. The molecule has 0 aromatic heterocycles. The molecule has 8 nitrogen and oxygen atoms in total. The fourth-order valence-electron chi connectivity index (χ4n) is 3.56. The molecule has 0 aliphatic carbocycles. The SMILES string of the molecule is CCN(CC)S(=O)(=O)c1ccc(N2CCOCC2)c(NC(=O)C(C)Oc2ccccc2)c1. The average molecular weight is 462 g/mol. The van der Waals surface area contributed by atoms with Gasteiger partial charge in [0.15, 0.2) is 6.10 Å². The highest BCUT2D eigenvalue weighted by Gasteiger charge is 2.25. The molecule has 0 saturated carbocycles. The Balaban J connectivity index is 1.90. The van der Waals surface area contributed by atoms with Gasteiger partial charge in [-0.25, -0.2) is 8.42 Å². The van der Waals surface area contributed by atoms with E-state index in [2.05, 4.69) is 10.2 Å². The van der Waals surface area contributed by atoms with Crippen LogP contribution in [-0.4, -0.2) is 64.1 Å². The number of ether oxygens (including phenoxy) is 2. The van der Waals surface area contributed by atoms with Gasteiger partial charge < -0.3 is 19.7 Å². The van der Waals surface area contributed by atoms with E-state index in [1.807, 2.05) is 18.2 Å². The Morgan fingerprint density at radius 2 is 1.78 bits per heavy atom. The molecule has 0 bridgehead atoms. The summed E-state index contributed by atoms with van der Waals surface area (Å²) in [5.74, 6) is 0.224. The highest BCUT2D eigenvalue weighted by molar-refractivity contribution is 7.89. The maximum atomic E-state index is 13.1. The molecular formula is C23H31N3O5S. The number of carbonyl (C=O) groups excluding carboxylic acids is 1. The maximum Gasteiger partial charge on any atom is 0.265 e. The molecule has 1 amide bonds. The molecule has 1 heterocycles. The minimum atomic E-state index is -3.67. The van der Waals surface area contributed by atoms with Crippen molar-refractivity contribution in [2.45, 2.75) is 31.8 Å². The third-order valence-corrected chi connectivity index (χ3v) is 7.39. The highest BCUT2D eigenvalue weighted by atomic mass is 32.2. The summed E-state index contributed by atoms with van der Waals surface area (Å²) in [5.41, 5.74) is 1.20. The zero-order valence-electron chi connectivity index (χ0n) is 18.8. The van der Waals surface area contributed by atoms with Crippen molar-refractivity contribution in [3.05, 3.63) is 48.5 Å². The molecule has 1 unspecified atom stereocenters. The molecule has 174 valence electrons. The lowest BCUT2D eigenvalue weighted by Crippen LogP contribution is -2.37. The van der Waals surface area contributed by atoms with E-state index in [-0.39, 0.29) is 10.8 Å². The Bertz CT molecular complexity index is 1000. The van der Waals surface area contributed by atoms with Gasteiger partial charge >= 0.3 is 0 Å². The van der Waals surface area contributed by atoms with Crippen LogP contribution >= 0.6 is 0 Å². The van der Waals surface area contributed by atoms with Crippen molar-refractivity contribution >= 4 is 27.3 Å². The molecule has 32 heavy (non-hydrogen) atoms. The largest absolute Gasteiger partial charge is 0.481 e. The number of rotatable bonds is 9. The third-order valence-electron chi connectivity index (χ3n) is 5.35. The van der Waals surface area contributed by atoms with Crippen LogP contribution in [0.1, 0.15) is 20.8 Å². The Labute approximate surface area is 190 Å². The van der Waals surface area contributed by atoms with Crippen molar-refractivity contribution in [3.8, 4) is 5.75 Å². The zero-order chi connectivity index (χ0) is 23.1. The predicted molar refractivity (Wildman–Crippen MR) is 125 cm³/mol. The highest BCUT2D eigenvalue weighted by Crippen LogP contribution is 2.31. The number of carbonyl (C=O) groups is 1. The van der Waals surface area contributed by atoms with E-state index in [0.29, 0.717) is 50.8 Å². The number of sulfonamides is 1. The van der Waals surface area contributed by atoms with Crippen LogP contribution in [0.25, 0.3) is 0 Å². The molecule has 1 fully saturated rings. The molecule has 1 aliphatic rings. The normalized spacial score (nSPS) is 15.4. The fraction of sp³-hybridized carbons (Fsp3) is 0.435. The second-order valence-electron chi connectivity index (χ2n) is 7.43. The Morgan fingerprint density at radius 1 is 1.12 bits per heavy atom. The van der Waals surface area contributed by atoms with Gasteiger partial charge in [0, 0.05) is 26.2 Å². The number of hydrogen-bond acceptors (Lipinski definition) is 6. The summed E-state index contributed by atoms with van der Waals surface area (Å²) in [6, 6.07) is 14.0. The van der Waals surface area contributed by atoms with Crippen LogP contribution in [0.5, 0.6) is 5.75 Å². The van der Waals surface area contributed by atoms with Crippen LogP contribution in [-0.2, 0) is 19.6 Å². The topological polar surface area (TPSA) is 88.2 Å². The summed E-state index contributed by atoms with van der Waals surface area (Å²) in [6.07, 6.45) is -0.766. The van der Waals surface area contributed by atoms with Crippen molar-refractivity contribution in [2.24, 2.45) is 0 Å². The quantitative estimate of drug-likeness (QED) is 0.618. The van der Waals surface area contributed by atoms with Crippen LogP contribution in [0.2, 0.25) is 0 Å². The van der Waals surface area contributed by atoms with E-state index in [1.165, 1.54) is 10.4 Å². The van der Waals surface area contributed by atoms with Crippen molar-refractivity contribution < 1.29 is 22.7 Å². The maximum absolute atomic E-state index is 13.1. The number of morpholine rings is 1. The first kappa shape index (κ1) is 24.0. The lowest BCUT2D eigenvalue weighted by Gasteiger charge is -2.31. The van der Waals surface area contributed by atoms with E-state index in [4.69, 9.17) is 9.47 Å². The first-order valence-corrected chi connectivity index (χ1v) is 12.3. The van der Waals surface area contributed by atoms with Crippen LogP contribution in [0.15, 0.2) is 53.4 Å². The van der Waals surface area contributed by atoms with Gasteiger partial charge in [-0.1, -0.05) is 32.0 Å². The molecule has 2 aromatic carbocycles. The molecule has 1 aliphatic heterocycles. The number of hydrogen-bond donors (Lipinski definition) is 1. The standard InChI is InChI=1S/C23H31N3O5S/c1-4-26(5-2)32(28,29)20-11-12-22(25-13-15-30-16-14-25)21(17-20)24-23(27)18(3)31-19-9-7-6-8-10-19/h6-12,17-18H,4-5,13-16H2,1-3H3,(H,24,27). The lowest BCUT2D eigenvalue weighted by molar-refractivity contribution is -0.122. The number of nitrogens with zero attached hydrogens (tertiary/aromatic N) is 2. The number of para-hydroxylation sites is 1. The molecule has 1 saturated heterocycles. The first-order valence-electron chi connectivity index (χ1n) is 10.9. The van der Waals surface area contributed by atoms with E-state index >= 15 is 0 Å². The Hall–Kier alpha value is -2.62. The van der Waals surface area contributed by atoms with Crippen LogP contribution in [0, 0.1) is 0 Å². The van der Waals surface area contributed by atoms with E-state index in [9.17, 15) is 13.2 Å². The average Bonchev–Trinajstić information content (AvgIpc) is 2.81. The molecule has 1 atom stereocenters. The summed E-state index contributed by atoms with van der Waals surface area (Å²) in [4.78, 5) is 15.1. The number of amides is 1. The van der Waals surface area contributed by atoms with E-state index in [1.54, 1.807) is 45.0 Å². The van der Waals surface area contributed by atoms with E-state index in [0.717, 1.165) is 5.69 Å². The van der Waals surface area contributed by atoms with Gasteiger partial charge in [0.05, 0.1) is 29.5 Å². The molecule has 9 heteroatoms. The monoisotopic (exact) mass is 461 g/mol. The van der Waals surface area contributed by atoms with Crippen LogP contribution in [0.3, 0.4) is 0 Å². The molecule has 0 spiro atoms. The van der Waals surface area contributed by atoms with Crippen molar-refractivity contribution in [3.63, 3.8) is 0 Å².